The molecule has 4 atom stereocenters. The van der Waals surface area contributed by atoms with Crippen LogP contribution in [0.5, 0.6) is 0 Å². The first-order valence-corrected chi connectivity index (χ1v) is 12.6. The standard InChI is InChI=1S/C25H47N3O7/c1-17(2)15-27-24(32)20-14-18(29)13-19(20)22(31)23(25(3,4)5)28-21(30)16-35-12-11-34-10-9-33-8-7-26-6/h17-20,23,26,29H,7-16H2,1-6H3,(H,27,32)(H,28,30). The summed E-state index contributed by atoms with van der Waals surface area (Å²) in [7, 11) is 1.86. The number of nitrogens with one attached hydrogen (secondary N) is 3. The Kier molecular flexibility index (Phi) is 14.6. The van der Waals surface area contributed by atoms with Gasteiger partial charge in [-0.25, -0.2) is 0 Å². The van der Waals surface area contributed by atoms with Crippen LogP contribution in [0.15, 0.2) is 0 Å². The van der Waals surface area contributed by atoms with Gasteiger partial charge in [0.1, 0.15) is 6.61 Å². The SMILES string of the molecule is CNCCOCCOCCOCC(=O)NC(C(=O)C1CC(O)CC1C(=O)NCC(C)C)C(C)(C)C. The maximum absolute atomic E-state index is 13.5. The second kappa shape index (κ2) is 16.2. The van der Waals surface area contributed by atoms with E-state index in [1.807, 2.05) is 41.7 Å². The highest BCUT2D eigenvalue weighted by Gasteiger charge is 2.46. The van der Waals surface area contributed by atoms with Crippen LogP contribution in [0, 0.1) is 23.2 Å². The number of amides is 2. The van der Waals surface area contributed by atoms with Gasteiger partial charge in [0, 0.05) is 19.0 Å². The molecule has 1 rings (SSSR count). The van der Waals surface area contributed by atoms with Gasteiger partial charge in [-0.05, 0) is 31.2 Å². The Morgan fingerprint density at radius 2 is 1.51 bits per heavy atom. The maximum Gasteiger partial charge on any atom is 0.246 e. The minimum absolute atomic E-state index is 0.201. The van der Waals surface area contributed by atoms with Crippen LogP contribution >= 0.6 is 0 Å². The lowest BCUT2D eigenvalue weighted by atomic mass is 9.77. The lowest BCUT2D eigenvalue weighted by molar-refractivity contribution is -0.138. The van der Waals surface area contributed by atoms with Crippen LogP contribution in [0.25, 0.3) is 0 Å². The second-order valence-electron chi connectivity index (χ2n) is 10.6. The lowest BCUT2D eigenvalue weighted by Gasteiger charge is -2.33. The van der Waals surface area contributed by atoms with E-state index in [-0.39, 0.29) is 43.7 Å². The van der Waals surface area contributed by atoms with Crippen molar-refractivity contribution in [2.45, 2.75) is 59.6 Å². The highest BCUT2D eigenvalue weighted by Crippen LogP contribution is 2.36. The Balaban J connectivity index is 2.55. The first-order valence-electron chi connectivity index (χ1n) is 12.6. The Morgan fingerprint density at radius 1 is 0.943 bits per heavy atom. The van der Waals surface area contributed by atoms with Gasteiger partial charge in [0.15, 0.2) is 5.78 Å². The van der Waals surface area contributed by atoms with Gasteiger partial charge in [-0.1, -0.05) is 34.6 Å². The molecular formula is C25H47N3O7. The topological polar surface area (TPSA) is 135 Å². The zero-order valence-corrected chi connectivity index (χ0v) is 22.4. The third-order valence-corrected chi connectivity index (χ3v) is 5.85. The fourth-order valence-corrected chi connectivity index (χ4v) is 3.96. The molecule has 4 N–H and O–H groups in total. The summed E-state index contributed by atoms with van der Waals surface area (Å²) in [5, 5.41) is 18.9. The van der Waals surface area contributed by atoms with E-state index in [1.165, 1.54) is 0 Å². The van der Waals surface area contributed by atoms with Gasteiger partial charge >= 0.3 is 0 Å². The third-order valence-electron chi connectivity index (χ3n) is 5.85. The molecule has 2 amide bonds. The Hall–Kier alpha value is -1.59. The van der Waals surface area contributed by atoms with Crippen LogP contribution in [-0.4, -0.2) is 94.6 Å². The zero-order valence-electron chi connectivity index (χ0n) is 22.4. The number of aliphatic hydroxyl groups excluding tert-OH is 1. The lowest BCUT2D eigenvalue weighted by Crippen LogP contribution is -2.53. The predicted molar refractivity (Wildman–Crippen MR) is 133 cm³/mol. The van der Waals surface area contributed by atoms with E-state index in [0.29, 0.717) is 33.0 Å². The van der Waals surface area contributed by atoms with Crippen molar-refractivity contribution in [3.63, 3.8) is 0 Å². The molecule has 1 aliphatic rings. The number of hydrogen-bond donors (Lipinski definition) is 4. The minimum Gasteiger partial charge on any atom is -0.393 e. The first kappa shape index (κ1) is 31.4. The monoisotopic (exact) mass is 501 g/mol. The van der Waals surface area contributed by atoms with Crippen molar-refractivity contribution >= 4 is 17.6 Å². The summed E-state index contributed by atoms with van der Waals surface area (Å²) in [6.45, 7) is 12.8. The van der Waals surface area contributed by atoms with Gasteiger partial charge in [-0.3, -0.25) is 14.4 Å². The van der Waals surface area contributed by atoms with Gasteiger partial charge in [0.05, 0.1) is 51.1 Å². The van der Waals surface area contributed by atoms with Gasteiger partial charge in [-0.15, -0.1) is 0 Å². The normalized spacial score (nSPS) is 21.2. The number of Topliss-reactive ketones (excluding diaryl/α,β-unsaturated/α-hetero) is 1. The molecule has 204 valence electrons. The number of rotatable bonds is 17. The smallest absolute Gasteiger partial charge is 0.246 e. The summed E-state index contributed by atoms with van der Waals surface area (Å²) in [5.41, 5.74) is -0.574. The van der Waals surface area contributed by atoms with Crippen molar-refractivity contribution in [2.75, 3.05) is 59.8 Å². The van der Waals surface area contributed by atoms with Gasteiger partial charge in [0.2, 0.25) is 11.8 Å². The number of aliphatic hydroxyl groups is 1. The molecule has 0 aliphatic heterocycles. The van der Waals surface area contributed by atoms with E-state index < -0.39 is 35.3 Å². The van der Waals surface area contributed by atoms with Gasteiger partial charge in [-0.2, -0.15) is 0 Å². The number of hydrogen-bond acceptors (Lipinski definition) is 8. The average molecular weight is 502 g/mol. The molecule has 0 radical (unpaired) electrons. The Morgan fingerprint density at radius 3 is 2.09 bits per heavy atom. The highest BCUT2D eigenvalue weighted by atomic mass is 16.5. The summed E-state index contributed by atoms with van der Waals surface area (Å²) >= 11 is 0. The molecular weight excluding hydrogens is 454 g/mol. The number of carbonyl (C=O) groups is 3. The molecule has 0 bridgehead atoms. The van der Waals surface area contributed by atoms with Crippen LogP contribution < -0.4 is 16.0 Å². The van der Waals surface area contributed by atoms with Crippen LogP contribution in [0.3, 0.4) is 0 Å². The van der Waals surface area contributed by atoms with Crippen molar-refractivity contribution in [1.82, 2.24) is 16.0 Å². The van der Waals surface area contributed by atoms with Crippen LogP contribution in [0.4, 0.5) is 0 Å². The molecule has 10 heteroatoms. The zero-order chi connectivity index (χ0) is 26.4. The minimum atomic E-state index is -0.805. The van der Waals surface area contributed by atoms with Crippen molar-refractivity contribution in [3.8, 4) is 0 Å². The quantitative estimate of drug-likeness (QED) is 0.212. The van der Waals surface area contributed by atoms with Crippen LogP contribution in [0.1, 0.15) is 47.5 Å². The molecule has 0 saturated heterocycles. The summed E-state index contributed by atoms with van der Waals surface area (Å²) in [6, 6.07) is -0.805. The fraction of sp³-hybridized carbons (Fsp3) is 0.880. The van der Waals surface area contributed by atoms with E-state index in [0.717, 1.165) is 6.54 Å². The van der Waals surface area contributed by atoms with Crippen molar-refractivity contribution in [3.05, 3.63) is 0 Å². The highest BCUT2D eigenvalue weighted by molar-refractivity contribution is 5.95. The van der Waals surface area contributed by atoms with Crippen molar-refractivity contribution in [1.29, 1.82) is 0 Å². The van der Waals surface area contributed by atoms with E-state index in [4.69, 9.17) is 14.2 Å². The summed E-state index contributed by atoms with van der Waals surface area (Å²) < 4.78 is 16.1. The first-order chi connectivity index (χ1) is 16.5. The Bertz CT molecular complexity index is 651. The fourth-order valence-electron chi connectivity index (χ4n) is 3.96. The molecule has 0 aromatic carbocycles. The van der Waals surface area contributed by atoms with Crippen LogP contribution in [0.2, 0.25) is 0 Å². The van der Waals surface area contributed by atoms with E-state index in [2.05, 4.69) is 16.0 Å². The predicted octanol–water partition coefficient (Wildman–Crippen LogP) is 0.515. The maximum atomic E-state index is 13.5. The molecule has 10 nitrogen and oxygen atoms in total. The molecule has 0 heterocycles. The number of carbonyl (C=O) groups excluding carboxylic acids is 3. The summed E-state index contributed by atoms with van der Waals surface area (Å²) in [5.74, 6) is -1.83. The number of ketones is 1. The Labute approximate surface area is 210 Å². The molecule has 35 heavy (non-hydrogen) atoms. The number of ether oxygens (including phenoxy) is 3. The average Bonchev–Trinajstić information content (AvgIpc) is 3.17. The van der Waals surface area contributed by atoms with Gasteiger partial charge < -0.3 is 35.3 Å². The molecule has 1 aliphatic carbocycles. The molecule has 0 aromatic rings. The summed E-state index contributed by atoms with van der Waals surface area (Å²) in [6.07, 6.45) is -0.255. The largest absolute Gasteiger partial charge is 0.393 e. The van der Waals surface area contributed by atoms with Crippen LogP contribution in [-0.2, 0) is 28.6 Å². The molecule has 0 spiro atoms. The molecule has 1 fully saturated rings. The van der Waals surface area contributed by atoms with Crippen molar-refractivity contribution in [2.24, 2.45) is 23.2 Å². The van der Waals surface area contributed by atoms with E-state index >= 15 is 0 Å². The second-order valence-corrected chi connectivity index (χ2v) is 10.6. The van der Waals surface area contributed by atoms with E-state index in [9.17, 15) is 19.5 Å². The van der Waals surface area contributed by atoms with Crippen molar-refractivity contribution < 1.29 is 33.7 Å². The third kappa shape index (κ3) is 12.3. The molecule has 0 aromatic heterocycles. The van der Waals surface area contributed by atoms with Gasteiger partial charge in [0.25, 0.3) is 0 Å². The summed E-state index contributed by atoms with van der Waals surface area (Å²) in [4.78, 5) is 38.7. The van der Waals surface area contributed by atoms with E-state index in [1.54, 1.807) is 0 Å². The molecule has 4 unspecified atom stereocenters. The number of likely N-dealkylation sites (N-methyl/N-ethyl adjacent to an activating group) is 1. The molecule has 1 saturated carbocycles.